The smallest absolute Gasteiger partial charge is 0.323 e. The van der Waals surface area contributed by atoms with Crippen molar-refractivity contribution >= 4 is 28.3 Å². The van der Waals surface area contributed by atoms with E-state index in [1.54, 1.807) is 4.90 Å². The lowest BCUT2D eigenvalue weighted by atomic mass is 10.0. The van der Waals surface area contributed by atoms with Gasteiger partial charge >= 0.3 is 5.97 Å². The number of carbonyl (C=O) groups excluding carboxylic acids is 2. The zero-order valence-electron chi connectivity index (χ0n) is 13.2. The van der Waals surface area contributed by atoms with Crippen LogP contribution in [-0.4, -0.2) is 36.6 Å². The number of ether oxygens (including phenoxy) is 1. The Kier molecular flexibility index (Phi) is 6.77. The fourth-order valence-electron chi connectivity index (χ4n) is 1.93. The molecule has 6 nitrogen and oxygen atoms in total. The number of thiazole rings is 1. The van der Waals surface area contributed by atoms with Crippen molar-refractivity contribution in [1.82, 2.24) is 10.3 Å². The molecule has 0 spiro atoms. The molecule has 0 fully saturated rings. The van der Waals surface area contributed by atoms with Crippen LogP contribution in [0.3, 0.4) is 0 Å². The Morgan fingerprint density at radius 1 is 1.48 bits per heavy atom. The fourth-order valence-corrected chi connectivity index (χ4v) is 2.86. The maximum absolute atomic E-state index is 11.7. The molecule has 1 rings (SSSR count). The van der Waals surface area contributed by atoms with E-state index in [-0.39, 0.29) is 23.8 Å². The van der Waals surface area contributed by atoms with Crippen LogP contribution < -0.4 is 10.2 Å². The zero-order valence-corrected chi connectivity index (χ0v) is 14.0. The summed E-state index contributed by atoms with van der Waals surface area (Å²) in [6, 6.07) is -0.366. The maximum atomic E-state index is 11.7. The van der Waals surface area contributed by atoms with E-state index < -0.39 is 0 Å². The van der Waals surface area contributed by atoms with E-state index in [4.69, 9.17) is 4.74 Å². The lowest BCUT2D eigenvalue weighted by molar-refractivity contribution is -0.144. The topological polar surface area (TPSA) is 71.5 Å². The molecule has 0 saturated heterocycles. The highest BCUT2D eigenvalue weighted by Crippen LogP contribution is 2.20. The van der Waals surface area contributed by atoms with Crippen molar-refractivity contribution < 1.29 is 14.3 Å². The summed E-state index contributed by atoms with van der Waals surface area (Å²) in [4.78, 5) is 29.2. The second-order valence-corrected chi connectivity index (χ2v) is 5.85. The van der Waals surface area contributed by atoms with Gasteiger partial charge in [-0.05, 0) is 12.8 Å². The SMILES string of the molecule is CCN(C(C)=O)c1nc(CN[C@H](C(=O)OC)C(C)C)cs1. The predicted molar refractivity (Wildman–Crippen MR) is 83.3 cm³/mol. The van der Waals surface area contributed by atoms with Crippen LogP contribution in [0, 0.1) is 5.92 Å². The predicted octanol–water partition coefficient (Wildman–Crippen LogP) is 1.80. The minimum Gasteiger partial charge on any atom is -0.468 e. The van der Waals surface area contributed by atoms with Gasteiger partial charge in [0.05, 0.1) is 12.8 Å². The summed E-state index contributed by atoms with van der Waals surface area (Å²) in [5.74, 6) is -0.180. The van der Waals surface area contributed by atoms with E-state index in [1.807, 2.05) is 26.2 Å². The van der Waals surface area contributed by atoms with Gasteiger partial charge in [0.2, 0.25) is 5.91 Å². The number of methoxy groups -OCH3 is 1. The highest BCUT2D eigenvalue weighted by molar-refractivity contribution is 7.14. The molecule has 0 radical (unpaired) electrons. The minimum atomic E-state index is -0.366. The fraction of sp³-hybridized carbons (Fsp3) is 0.643. The molecule has 1 atom stereocenters. The molecular weight excluding hydrogens is 290 g/mol. The molecule has 118 valence electrons. The Morgan fingerprint density at radius 3 is 2.62 bits per heavy atom. The number of rotatable bonds is 7. The van der Waals surface area contributed by atoms with Gasteiger partial charge in [-0.15, -0.1) is 11.3 Å². The van der Waals surface area contributed by atoms with E-state index >= 15 is 0 Å². The van der Waals surface area contributed by atoms with Crippen LogP contribution in [0.1, 0.15) is 33.4 Å². The second-order valence-electron chi connectivity index (χ2n) is 5.01. The van der Waals surface area contributed by atoms with Crippen LogP contribution in [0.5, 0.6) is 0 Å². The van der Waals surface area contributed by atoms with Crippen LogP contribution >= 0.6 is 11.3 Å². The number of anilines is 1. The quantitative estimate of drug-likeness (QED) is 0.777. The molecular formula is C14H23N3O3S. The Bertz CT molecular complexity index is 488. The number of nitrogens with zero attached hydrogens (tertiary/aromatic N) is 2. The normalized spacial score (nSPS) is 12.3. The summed E-state index contributed by atoms with van der Waals surface area (Å²) in [5.41, 5.74) is 0.809. The van der Waals surface area contributed by atoms with Crippen LogP contribution in [0.25, 0.3) is 0 Å². The monoisotopic (exact) mass is 313 g/mol. The van der Waals surface area contributed by atoms with Gasteiger partial charge in [-0.25, -0.2) is 4.98 Å². The molecule has 21 heavy (non-hydrogen) atoms. The average molecular weight is 313 g/mol. The van der Waals surface area contributed by atoms with Gasteiger partial charge in [0, 0.05) is 25.4 Å². The molecule has 1 aromatic heterocycles. The van der Waals surface area contributed by atoms with Gasteiger partial charge in [0.25, 0.3) is 0 Å². The molecule has 0 aliphatic rings. The number of carbonyl (C=O) groups is 2. The van der Waals surface area contributed by atoms with Gasteiger partial charge < -0.3 is 4.74 Å². The second kappa shape index (κ2) is 8.09. The third-order valence-corrected chi connectivity index (χ3v) is 4.00. The van der Waals surface area contributed by atoms with E-state index in [2.05, 4.69) is 10.3 Å². The average Bonchev–Trinajstić information content (AvgIpc) is 2.87. The first-order valence-electron chi connectivity index (χ1n) is 6.94. The largest absolute Gasteiger partial charge is 0.468 e. The zero-order chi connectivity index (χ0) is 16.0. The molecule has 0 aromatic carbocycles. The van der Waals surface area contributed by atoms with Crippen LogP contribution in [-0.2, 0) is 20.9 Å². The molecule has 7 heteroatoms. The Hall–Kier alpha value is -1.47. The van der Waals surface area contributed by atoms with Crippen LogP contribution in [0.15, 0.2) is 5.38 Å². The number of hydrogen-bond donors (Lipinski definition) is 1. The van der Waals surface area contributed by atoms with E-state index in [9.17, 15) is 9.59 Å². The third kappa shape index (κ3) is 4.78. The molecule has 0 bridgehead atoms. The summed E-state index contributed by atoms with van der Waals surface area (Å²) >= 11 is 1.42. The van der Waals surface area contributed by atoms with Gasteiger partial charge in [0.15, 0.2) is 5.13 Å². The van der Waals surface area contributed by atoms with Gasteiger partial charge in [-0.3, -0.25) is 19.8 Å². The number of hydrogen-bond acceptors (Lipinski definition) is 6. The lowest BCUT2D eigenvalue weighted by Crippen LogP contribution is -2.41. The first-order chi connectivity index (χ1) is 9.90. The minimum absolute atomic E-state index is 0.0269. The van der Waals surface area contributed by atoms with Crippen molar-refractivity contribution in [1.29, 1.82) is 0 Å². The van der Waals surface area contributed by atoms with Gasteiger partial charge in [-0.2, -0.15) is 0 Å². The maximum Gasteiger partial charge on any atom is 0.323 e. The number of amides is 1. The molecule has 1 aromatic rings. The number of nitrogens with one attached hydrogen (secondary N) is 1. The first kappa shape index (κ1) is 17.6. The van der Waals surface area contributed by atoms with Crippen LogP contribution in [0.2, 0.25) is 0 Å². The molecule has 1 N–H and O–H groups in total. The van der Waals surface area contributed by atoms with Crippen molar-refractivity contribution in [2.45, 2.75) is 40.3 Å². The van der Waals surface area contributed by atoms with Crippen molar-refractivity contribution in [3.63, 3.8) is 0 Å². The van der Waals surface area contributed by atoms with E-state index in [0.717, 1.165) is 5.69 Å². The van der Waals surface area contributed by atoms with Gasteiger partial charge in [-0.1, -0.05) is 13.8 Å². The Morgan fingerprint density at radius 2 is 2.14 bits per heavy atom. The van der Waals surface area contributed by atoms with Crippen molar-refractivity contribution in [2.24, 2.45) is 5.92 Å². The Balaban J connectivity index is 2.70. The van der Waals surface area contributed by atoms with Crippen LogP contribution in [0.4, 0.5) is 5.13 Å². The summed E-state index contributed by atoms with van der Waals surface area (Å²) in [6.07, 6.45) is 0. The highest BCUT2D eigenvalue weighted by atomic mass is 32.1. The van der Waals surface area contributed by atoms with E-state index in [0.29, 0.717) is 18.2 Å². The summed E-state index contributed by atoms with van der Waals surface area (Å²) in [5, 5.41) is 5.72. The highest BCUT2D eigenvalue weighted by Gasteiger charge is 2.22. The van der Waals surface area contributed by atoms with Gasteiger partial charge in [0.1, 0.15) is 6.04 Å². The molecule has 0 saturated carbocycles. The first-order valence-corrected chi connectivity index (χ1v) is 7.82. The standard InChI is InChI=1S/C14H23N3O3S/c1-6-17(10(4)18)14-16-11(8-21-14)7-15-12(9(2)3)13(19)20-5/h8-9,12,15H,6-7H2,1-5H3/t12-/m0/s1. The van der Waals surface area contributed by atoms with E-state index in [1.165, 1.54) is 25.4 Å². The molecule has 1 heterocycles. The Labute approximate surface area is 129 Å². The summed E-state index contributed by atoms with van der Waals surface area (Å²) in [6.45, 7) is 8.39. The number of aromatic nitrogens is 1. The molecule has 1 amide bonds. The van der Waals surface area contributed by atoms with Crippen molar-refractivity contribution in [2.75, 3.05) is 18.6 Å². The van der Waals surface area contributed by atoms with Crippen molar-refractivity contribution in [3.8, 4) is 0 Å². The lowest BCUT2D eigenvalue weighted by Gasteiger charge is -2.19. The molecule has 0 aliphatic carbocycles. The molecule has 0 aliphatic heterocycles. The third-order valence-electron chi connectivity index (χ3n) is 3.09. The van der Waals surface area contributed by atoms with Crippen molar-refractivity contribution in [3.05, 3.63) is 11.1 Å². The molecule has 0 unspecified atom stereocenters. The summed E-state index contributed by atoms with van der Waals surface area (Å²) in [7, 11) is 1.38. The number of esters is 1. The summed E-state index contributed by atoms with van der Waals surface area (Å²) < 4.78 is 4.78.